The van der Waals surface area contributed by atoms with Crippen LogP contribution >= 0.6 is 0 Å². The van der Waals surface area contributed by atoms with Crippen LogP contribution in [-0.4, -0.2) is 48.2 Å². The predicted octanol–water partition coefficient (Wildman–Crippen LogP) is 2.77. The van der Waals surface area contributed by atoms with Crippen molar-refractivity contribution in [2.75, 3.05) is 20.2 Å². The molecule has 0 saturated carbocycles. The first kappa shape index (κ1) is 19.1. The SMILES string of the molecule is COc1ccccc1CC(NC(=O)N1CCC(C(=O)O)CC1)C(C)C. The second kappa shape index (κ2) is 8.74. The van der Waals surface area contributed by atoms with Crippen molar-refractivity contribution in [3.8, 4) is 5.75 Å². The Morgan fingerprint density at radius 2 is 1.92 bits per heavy atom. The quantitative estimate of drug-likeness (QED) is 0.828. The van der Waals surface area contributed by atoms with Crippen LogP contribution in [0.1, 0.15) is 32.3 Å². The summed E-state index contributed by atoms with van der Waals surface area (Å²) in [5.74, 6) is -0.00935. The Morgan fingerprint density at radius 3 is 2.48 bits per heavy atom. The van der Waals surface area contributed by atoms with E-state index in [9.17, 15) is 9.59 Å². The number of amides is 2. The minimum absolute atomic E-state index is 0.0130. The largest absolute Gasteiger partial charge is 0.496 e. The first-order valence-corrected chi connectivity index (χ1v) is 8.82. The van der Waals surface area contributed by atoms with Gasteiger partial charge in [0.05, 0.1) is 13.0 Å². The van der Waals surface area contributed by atoms with Crippen LogP contribution in [0.4, 0.5) is 4.79 Å². The molecule has 2 rings (SSSR count). The van der Waals surface area contributed by atoms with E-state index in [0.29, 0.717) is 32.4 Å². The van der Waals surface area contributed by atoms with Crippen molar-refractivity contribution >= 4 is 12.0 Å². The van der Waals surface area contributed by atoms with Gasteiger partial charge in [0, 0.05) is 19.1 Å². The maximum atomic E-state index is 12.6. The number of carbonyl (C=O) groups is 2. The second-order valence-electron chi connectivity index (χ2n) is 6.92. The molecule has 6 nitrogen and oxygen atoms in total. The van der Waals surface area contributed by atoms with Gasteiger partial charge in [-0.3, -0.25) is 4.79 Å². The number of nitrogens with one attached hydrogen (secondary N) is 1. The summed E-state index contributed by atoms with van der Waals surface area (Å²) in [6.45, 7) is 5.14. The lowest BCUT2D eigenvalue weighted by Crippen LogP contribution is -2.50. The van der Waals surface area contributed by atoms with E-state index in [0.717, 1.165) is 11.3 Å². The van der Waals surface area contributed by atoms with Crippen molar-refractivity contribution in [1.29, 1.82) is 0 Å². The molecule has 0 aromatic heterocycles. The molecular formula is C19H28N2O4. The van der Waals surface area contributed by atoms with E-state index in [1.54, 1.807) is 12.0 Å². The Hall–Kier alpha value is -2.24. The smallest absolute Gasteiger partial charge is 0.317 e. The standard InChI is InChI=1S/C19H28N2O4/c1-13(2)16(12-15-6-4-5-7-17(15)25-3)20-19(24)21-10-8-14(9-11-21)18(22)23/h4-7,13-14,16H,8-12H2,1-3H3,(H,20,24)(H,22,23). The third-order valence-corrected chi connectivity index (χ3v) is 4.88. The molecule has 25 heavy (non-hydrogen) atoms. The molecule has 138 valence electrons. The number of carboxylic acids is 1. The summed E-state index contributed by atoms with van der Waals surface area (Å²) in [5, 5.41) is 12.2. The first-order chi connectivity index (χ1) is 11.9. The van der Waals surface area contributed by atoms with Crippen molar-refractivity contribution in [2.24, 2.45) is 11.8 Å². The molecule has 1 heterocycles. The van der Waals surface area contributed by atoms with Crippen LogP contribution in [0.2, 0.25) is 0 Å². The molecule has 1 aromatic rings. The molecule has 1 aliphatic rings. The zero-order valence-electron chi connectivity index (χ0n) is 15.2. The number of hydrogen-bond donors (Lipinski definition) is 2. The Kier molecular flexibility index (Phi) is 6.67. The van der Waals surface area contributed by atoms with Gasteiger partial charge in [0.2, 0.25) is 0 Å². The normalized spacial score (nSPS) is 16.6. The number of benzene rings is 1. The number of piperidine rings is 1. The summed E-state index contributed by atoms with van der Waals surface area (Å²) in [6, 6.07) is 7.70. The maximum absolute atomic E-state index is 12.6. The predicted molar refractivity (Wildman–Crippen MR) is 95.8 cm³/mol. The van der Waals surface area contributed by atoms with E-state index in [2.05, 4.69) is 19.2 Å². The lowest BCUT2D eigenvalue weighted by atomic mass is 9.95. The van der Waals surface area contributed by atoms with Crippen LogP contribution in [0, 0.1) is 11.8 Å². The fourth-order valence-corrected chi connectivity index (χ4v) is 3.14. The van der Waals surface area contributed by atoms with Gasteiger partial charge in [-0.25, -0.2) is 4.79 Å². The Bertz CT molecular complexity index is 595. The highest BCUT2D eigenvalue weighted by molar-refractivity contribution is 5.75. The second-order valence-corrected chi connectivity index (χ2v) is 6.92. The number of likely N-dealkylation sites (tertiary alicyclic amines) is 1. The van der Waals surface area contributed by atoms with Gasteiger partial charge in [-0.2, -0.15) is 0 Å². The fraction of sp³-hybridized carbons (Fsp3) is 0.579. The molecule has 0 radical (unpaired) electrons. The van der Waals surface area contributed by atoms with E-state index in [4.69, 9.17) is 9.84 Å². The number of aliphatic carboxylic acids is 1. The van der Waals surface area contributed by atoms with Gasteiger partial charge in [-0.15, -0.1) is 0 Å². The summed E-state index contributed by atoms with van der Waals surface area (Å²) in [4.78, 5) is 25.3. The van der Waals surface area contributed by atoms with E-state index in [1.165, 1.54) is 0 Å². The fourth-order valence-electron chi connectivity index (χ4n) is 3.14. The summed E-state index contributed by atoms with van der Waals surface area (Å²) in [6.07, 6.45) is 1.72. The molecule has 1 fully saturated rings. The number of carboxylic acid groups (broad SMARTS) is 1. The average molecular weight is 348 g/mol. The van der Waals surface area contributed by atoms with Gasteiger partial charge in [0.1, 0.15) is 5.75 Å². The highest BCUT2D eigenvalue weighted by Gasteiger charge is 2.28. The highest BCUT2D eigenvalue weighted by atomic mass is 16.5. The van der Waals surface area contributed by atoms with Gasteiger partial charge in [0.25, 0.3) is 0 Å². The third kappa shape index (κ3) is 5.11. The number of methoxy groups -OCH3 is 1. The van der Waals surface area contributed by atoms with E-state index >= 15 is 0 Å². The van der Waals surface area contributed by atoms with Crippen LogP contribution in [0.15, 0.2) is 24.3 Å². The number of para-hydroxylation sites is 1. The summed E-state index contributed by atoms with van der Waals surface area (Å²) in [5.41, 5.74) is 1.06. The van der Waals surface area contributed by atoms with Crippen LogP contribution in [-0.2, 0) is 11.2 Å². The molecule has 1 atom stereocenters. The lowest BCUT2D eigenvalue weighted by molar-refractivity contribution is -0.143. The van der Waals surface area contributed by atoms with Crippen LogP contribution in [0.25, 0.3) is 0 Å². The van der Waals surface area contributed by atoms with Gasteiger partial charge >= 0.3 is 12.0 Å². The molecule has 1 aromatic carbocycles. The number of nitrogens with zero attached hydrogens (tertiary/aromatic N) is 1. The van der Waals surface area contributed by atoms with E-state index < -0.39 is 5.97 Å². The summed E-state index contributed by atoms with van der Waals surface area (Å²) in [7, 11) is 1.65. The number of ether oxygens (including phenoxy) is 1. The van der Waals surface area contributed by atoms with Gasteiger partial charge in [-0.1, -0.05) is 32.0 Å². The molecule has 6 heteroatoms. The number of urea groups is 1. The minimum Gasteiger partial charge on any atom is -0.496 e. The van der Waals surface area contributed by atoms with Gasteiger partial charge < -0.3 is 20.1 Å². The summed E-state index contributed by atoms with van der Waals surface area (Å²) < 4.78 is 5.40. The molecule has 2 N–H and O–H groups in total. The zero-order chi connectivity index (χ0) is 18.4. The molecule has 0 aliphatic carbocycles. The minimum atomic E-state index is -0.767. The van der Waals surface area contributed by atoms with Crippen molar-refractivity contribution in [3.05, 3.63) is 29.8 Å². The maximum Gasteiger partial charge on any atom is 0.317 e. The molecule has 1 saturated heterocycles. The van der Waals surface area contributed by atoms with Crippen molar-refractivity contribution < 1.29 is 19.4 Å². The average Bonchev–Trinajstić information content (AvgIpc) is 2.61. The first-order valence-electron chi connectivity index (χ1n) is 8.82. The third-order valence-electron chi connectivity index (χ3n) is 4.88. The monoisotopic (exact) mass is 348 g/mol. The van der Waals surface area contributed by atoms with Crippen LogP contribution in [0.3, 0.4) is 0 Å². The summed E-state index contributed by atoms with van der Waals surface area (Å²) >= 11 is 0. The van der Waals surface area contributed by atoms with E-state index in [1.807, 2.05) is 24.3 Å². The lowest BCUT2D eigenvalue weighted by Gasteiger charge is -2.32. The molecule has 2 amide bonds. The number of carbonyl (C=O) groups excluding carboxylic acids is 1. The van der Waals surface area contributed by atoms with Gasteiger partial charge in [-0.05, 0) is 36.8 Å². The topological polar surface area (TPSA) is 78.9 Å². The number of rotatable bonds is 6. The molecule has 1 aliphatic heterocycles. The van der Waals surface area contributed by atoms with Gasteiger partial charge in [0.15, 0.2) is 0 Å². The van der Waals surface area contributed by atoms with Crippen molar-refractivity contribution in [3.63, 3.8) is 0 Å². The zero-order valence-corrected chi connectivity index (χ0v) is 15.2. The van der Waals surface area contributed by atoms with E-state index in [-0.39, 0.29) is 23.9 Å². The van der Waals surface area contributed by atoms with Crippen LogP contribution in [0.5, 0.6) is 5.75 Å². The molecule has 1 unspecified atom stereocenters. The Morgan fingerprint density at radius 1 is 1.28 bits per heavy atom. The highest BCUT2D eigenvalue weighted by Crippen LogP contribution is 2.22. The molecular weight excluding hydrogens is 320 g/mol. The molecule has 0 bridgehead atoms. The molecule has 0 spiro atoms. The number of hydrogen-bond acceptors (Lipinski definition) is 3. The Balaban J connectivity index is 1.97. The van der Waals surface area contributed by atoms with Crippen molar-refractivity contribution in [1.82, 2.24) is 10.2 Å². The Labute approximate surface area is 149 Å². The van der Waals surface area contributed by atoms with Crippen LogP contribution < -0.4 is 10.1 Å². The van der Waals surface area contributed by atoms with Crippen molar-refractivity contribution in [2.45, 2.75) is 39.2 Å².